The van der Waals surface area contributed by atoms with Gasteiger partial charge in [-0.1, -0.05) is 61.2 Å². The zero-order chi connectivity index (χ0) is 23.4. The number of carbonyl (C=O) groups excluding carboxylic acids is 1. The topological polar surface area (TPSA) is 72.3 Å². The van der Waals surface area contributed by atoms with Crippen molar-refractivity contribution in [1.82, 2.24) is 14.8 Å². The second-order valence-corrected chi connectivity index (χ2v) is 9.07. The number of thioether (sulfide) groups is 1. The summed E-state index contributed by atoms with van der Waals surface area (Å²) in [6.07, 6.45) is 0.766. The molecule has 0 saturated heterocycles. The van der Waals surface area contributed by atoms with Gasteiger partial charge in [0.05, 0.1) is 12.2 Å². The number of rotatable bonds is 8. The first kappa shape index (κ1) is 22.9. The quantitative estimate of drug-likeness (QED) is 0.377. The Kier molecular flexibility index (Phi) is 7.03. The predicted octanol–water partition coefficient (Wildman–Crippen LogP) is 4.88. The maximum Gasteiger partial charge on any atom is 0.338 e. The number of nitrogens with zero attached hydrogens (tertiary/aromatic N) is 4. The Hall–Kier alpha value is -3.26. The van der Waals surface area contributed by atoms with Gasteiger partial charge in [0.25, 0.3) is 0 Å². The van der Waals surface area contributed by atoms with Crippen molar-refractivity contribution in [3.63, 3.8) is 0 Å². The van der Waals surface area contributed by atoms with Gasteiger partial charge in [-0.3, -0.25) is 0 Å². The molecule has 33 heavy (non-hydrogen) atoms. The van der Waals surface area contributed by atoms with Crippen molar-refractivity contribution in [3.8, 4) is 0 Å². The maximum absolute atomic E-state index is 13.1. The van der Waals surface area contributed by atoms with Gasteiger partial charge in [0.2, 0.25) is 11.1 Å². The van der Waals surface area contributed by atoms with Gasteiger partial charge < -0.3 is 15.0 Å². The molecule has 4 rings (SSSR count). The van der Waals surface area contributed by atoms with E-state index < -0.39 is 6.04 Å². The number of anilines is 2. The number of allylic oxidation sites excluding steroid dienone is 1. The van der Waals surface area contributed by atoms with E-state index in [4.69, 9.17) is 14.8 Å². The molecule has 0 radical (unpaired) electrons. The Morgan fingerprint density at radius 1 is 1.15 bits per heavy atom. The zero-order valence-corrected chi connectivity index (χ0v) is 20.2. The minimum absolute atomic E-state index is 0.330. The fourth-order valence-electron chi connectivity index (χ4n) is 3.71. The van der Waals surface area contributed by atoms with Crippen LogP contribution in [0.25, 0.3) is 0 Å². The van der Waals surface area contributed by atoms with Crippen molar-refractivity contribution < 1.29 is 9.53 Å². The van der Waals surface area contributed by atoms with E-state index in [-0.39, 0.29) is 5.97 Å². The first-order valence-electron chi connectivity index (χ1n) is 11.0. The third kappa shape index (κ3) is 5.06. The summed E-state index contributed by atoms with van der Waals surface area (Å²) in [6.45, 7) is 4.25. The van der Waals surface area contributed by atoms with Crippen LogP contribution in [0.3, 0.4) is 0 Å². The number of nitrogens with one attached hydrogen (secondary N) is 1. The van der Waals surface area contributed by atoms with Gasteiger partial charge >= 0.3 is 5.97 Å². The fourth-order valence-corrected chi connectivity index (χ4v) is 4.50. The molecule has 0 spiro atoms. The highest BCUT2D eigenvalue weighted by molar-refractivity contribution is 7.98. The van der Waals surface area contributed by atoms with Crippen molar-refractivity contribution >= 4 is 29.4 Å². The lowest BCUT2D eigenvalue weighted by Gasteiger charge is -2.28. The summed E-state index contributed by atoms with van der Waals surface area (Å²) in [6, 6.07) is 18.0. The van der Waals surface area contributed by atoms with E-state index in [1.54, 1.807) is 16.4 Å². The van der Waals surface area contributed by atoms with E-state index in [2.05, 4.69) is 17.4 Å². The highest BCUT2D eigenvalue weighted by atomic mass is 32.2. The lowest BCUT2D eigenvalue weighted by Crippen LogP contribution is -2.29. The number of hydrogen-bond donors (Lipinski definition) is 1. The molecule has 0 amide bonds. The van der Waals surface area contributed by atoms with E-state index in [1.807, 2.05) is 75.3 Å². The highest BCUT2D eigenvalue weighted by Gasteiger charge is 2.35. The van der Waals surface area contributed by atoms with Gasteiger partial charge in [0.1, 0.15) is 6.04 Å². The zero-order valence-electron chi connectivity index (χ0n) is 19.4. The summed E-state index contributed by atoms with van der Waals surface area (Å²) in [5.74, 6) is 1.06. The third-order valence-electron chi connectivity index (χ3n) is 5.43. The summed E-state index contributed by atoms with van der Waals surface area (Å²) < 4.78 is 7.33. The smallest absolute Gasteiger partial charge is 0.338 e. The second kappa shape index (κ2) is 10.1. The molecule has 0 aliphatic carbocycles. The lowest BCUT2D eigenvalue weighted by atomic mass is 9.95. The molecule has 2 heterocycles. The standard InChI is InChI=1S/C25H29N5O2S/c1-5-15-32-23(31)21-17(2)26-24-27-25(33-16-18-9-7-6-8-10-18)28-30(24)22(21)19-11-13-20(14-12-19)29(3)4/h6-14,22H,5,15-16H2,1-4H3,(H,26,27,28). The second-order valence-electron chi connectivity index (χ2n) is 8.12. The molecule has 1 atom stereocenters. The molecule has 0 bridgehead atoms. The lowest BCUT2D eigenvalue weighted by molar-refractivity contribution is -0.139. The summed E-state index contributed by atoms with van der Waals surface area (Å²) >= 11 is 1.57. The van der Waals surface area contributed by atoms with Crippen LogP contribution in [0.2, 0.25) is 0 Å². The van der Waals surface area contributed by atoms with Gasteiger partial charge in [0.15, 0.2) is 0 Å². The molecule has 8 heteroatoms. The summed E-state index contributed by atoms with van der Waals surface area (Å²) in [5.41, 5.74) is 4.53. The summed E-state index contributed by atoms with van der Waals surface area (Å²) in [5, 5.41) is 8.70. The number of carbonyl (C=O) groups is 1. The Labute approximate surface area is 198 Å². The van der Waals surface area contributed by atoms with Crippen LogP contribution in [0.4, 0.5) is 11.6 Å². The molecule has 2 aromatic carbocycles. The van der Waals surface area contributed by atoms with E-state index >= 15 is 0 Å². The normalized spacial score (nSPS) is 15.1. The molecule has 1 unspecified atom stereocenters. The van der Waals surface area contributed by atoms with Crippen molar-refractivity contribution in [2.45, 2.75) is 37.2 Å². The van der Waals surface area contributed by atoms with Crippen molar-refractivity contribution in [2.75, 3.05) is 30.9 Å². The average Bonchev–Trinajstić information content (AvgIpc) is 3.23. The first-order valence-corrected chi connectivity index (χ1v) is 12.0. The maximum atomic E-state index is 13.1. The van der Waals surface area contributed by atoms with Crippen LogP contribution in [0.5, 0.6) is 0 Å². The van der Waals surface area contributed by atoms with E-state index in [9.17, 15) is 4.79 Å². The number of benzene rings is 2. The van der Waals surface area contributed by atoms with Crippen LogP contribution >= 0.6 is 11.8 Å². The van der Waals surface area contributed by atoms with Crippen LogP contribution in [0.1, 0.15) is 37.4 Å². The third-order valence-corrected chi connectivity index (χ3v) is 6.34. The average molecular weight is 464 g/mol. The van der Waals surface area contributed by atoms with Gasteiger partial charge in [-0.05, 0) is 36.6 Å². The highest BCUT2D eigenvalue weighted by Crippen LogP contribution is 2.37. The number of fused-ring (bicyclic) bond motifs is 1. The summed E-state index contributed by atoms with van der Waals surface area (Å²) in [4.78, 5) is 19.8. The number of hydrogen-bond acceptors (Lipinski definition) is 7. The molecule has 172 valence electrons. The molecule has 0 saturated carbocycles. The van der Waals surface area contributed by atoms with Crippen molar-refractivity contribution in [2.24, 2.45) is 0 Å². The van der Waals surface area contributed by atoms with Gasteiger partial charge in [0, 0.05) is 31.2 Å². The monoisotopic (exact) mass is 463 g/mol. The molecule has 1 aromatic heterocycles. The number of aromatic nitrogens is 3. The molecular weight excluding hydrogens is 434 g/mol. The van der Waals surface area contributed by atoms with Crippen molar-refractivity contribution in [3.05, 3.63) is 77.0 Å². The van der Waals surface area contributed by atoms with Crippen LogP contribution < -0.4 is 10.2 Å². The van der Waals surface area contributed by atoms with Crippen LogP contribution in [0, 0.1) is 0 Å². The van der Waals surface area contributed by atoms with Crippen LogP contribution in [-0.2, 0) is 15.3 Å². The summed E-state index contributed by atoms with van der Waals surface area (Å²) in [7, 11) is 4.01. The molecule has 1 aliphatic rings. The van der Waals surface area contributed by atoms with E-state index in [0.29, 0.717) is 23.3 Å². The fraction of sp³-hybridized carbons (Fsp3) is 0.320. The Morgan fingerprint density at radius 2 is 1.88 bits per heavy atom. The SMILES string of the molecule is CCCOC(=O)C1=C(C)Nc2nc(SCc3ccccc3)nn2C1c1ccc(N(C)C)cc1. The van der Waals surface area contributed by atoms with E-state index in [0.717, 1.165) is 29.1 Å². The predicted molar refractivity (Wildman–Crippen MR) is 133 cm³/mol. The molecular formula is C25H29N5O2S. The first-order chi connectivity index (χ1) is 16.0. The Morgan fingerprint density at radius 3 is 2.55 bits per heavy atom. The molecule has 0 fully saturated rings. The minimum Gasteiger partial charge on any atom is -0.462 e. The molecule has 3 aromatic rings. The largest absolute Gasteiger partial charge is 0.462 e. The number of esters is 1. The van der Waals surface area contributed by atoms with E-state index in [1.165, 1.54) is 5.56 Å². The van der Waals surface area contributed by atoms with Crippen LogP contribution in [-0.4, -0.2) is 41.4 Å². The molecule has 7 nitrogen and oxygen atoms in total. The van der Waals surface area contributed by atoms with Crippen LogP contribution in [0.15, 0.2) is 71.0 Å². The van der Waals surface area contributed by atoms with Gasteiger partial charge in [-0.2, -0.15) is 4.98 Å². The minimum atomic E-state index is -0.416. The molecule has 1 aliphatic heterocycles. The Balaban J connectivity index is 1.69. The van der Waals surface area contributed by atoms with Gasteiger partial charge in [-0.25, -0.2) is 9.48 Å². The molecule has 1 N–H and O–H groups in total. The van der Waals surface area contributed by atoms with Gasteiger partial charge in [-0.15, -0.1) is 5.10 Å². The van der Waals surface area contributed by atoms with Crippen molar-refractivity contribution in [1.29, 1.82) is 0 Å². The Bertz CT molecular complexity index is 1140. The number of ether oxygens (including phenoxy) is 1.